The number of hydrogen-bond donors (Lipinski definition) is 3. The van der Waals surface area contributed by atoms with Gasteiger partial charge in [-0.3, -0.25) is 4.79 Å². The molecule has 0 saturated heterocycles. The Hall–Kier alpha value is -1.95. The molecule has 0 aliphatic carbocycles. The van der Waals surface area contributed by atoms with E-state index in [1.807, 2.05) is 36.5 Å². The van der Waals surface area contributed by atoms with Crippen LogP contribution in [0.1, 0.15) is 15.2 Å². The lowest BCUT2D eigenvalue weighted by atomic mass is 10.1. The summed E-state index contributed by atoms with van der Waals surface area (Å²) < 4.78 is 7.05. The van der Waals surface area contributed by atoms with Crippen molar-refractivity contribution in [2.24, 2.45) is 5.73 Å². The molecule has 1 amide bonds. The Labute approximate surface area is 203 Å². The van der Waals surface area contributed by atoms with Gasteiger partial charge in [-0.05, 0) is 51.8 Å². The number of nitrogens with zero attached hydrogens (tertiary/aromatic N) is 1. The average Bonchev–Trinajstić information content (AvgIpc) is 3.43. The lowest BCUT2D eigenvalue weighted by Gasteiger charge is -2.06. The summed E-state index contributed by atoms with van der Waals surface area (Å²) in [6.07, 6.45) is 3.64. The molecular formula is C22H21BrIN4O2S+. The van der Waals surface area contributed by atoms with Gasteiger partial charge in [0.1, 0.15) is 11.4 Å². The Kier molecular flexibility index (Phi) is 7.26. The zero-order valence-corrected chi connectivity index (χ0v) is 21.3. The quantitative estimate of drug-likeness (QED) is 0.159. The van der Waals surface area contributed by atoms with Crippen LogP contribution in [0.4, 0.5) is 0 Å². The molecule has 0 aliphatic heterocycles. The van der Waals surface area contributed by atoms with Crippen molar-refractivity contribution >= 4 is 44.2 Å². The van der Waals surface area contributed by atoms with Crippen LogP contribution in [0.5, 0.6) is 5.75 Å². The third kappa shape index (κ3) is 5.11. The lowest BCUT2D eigenvalue weighted by Crippen LogP contribution is -3.66. The fraction of sp³-hybridized carbons (Fsp3) is 0.182. The molecule has 6 nitrogen and oxygen atoms in total. The van der Waals surface area contributed by atoms with Crippen molar-refractivity contribution in [3.05, 3.63) is 69.8 Å². The molecule has 3 heterocycles. The molecule has 0 saturated carbocycles. The first-order valence-electron chi connectivity index (χ1n) is 9.52. The number of hydrogen-bond acceptors (Lipinski definition) is 5. The van der Waals surface area contributed by atoms with Crippen LogP contribution in [0.25, 0.3) is 21.5 Å². The Morgan fingerprint density at radius 2 is 2.13 bits per heavy atom. The maximum atomic E-state index is 12.9. The average molecular weight is 612 g/mol. The maximum Gasteiger partial charge on any atom is 0.302 e. The summed E-state index contributed by atoms with van der Waals surface area (Å²) in [5.74, 6) is 0.761. The molecule has 160 valence electrons. The van der Waals surface area contributed by atoms with E-state index in [1.165, 1.54) is 16.9 Å². The molecule has 0 fully saturated rings. The molecule has 4 N–H and O–H groups in total. The van der Waals surface area contributed by atoms with Gasteiger partial charge in [0.2, 0.25) is 4.05 Å². The summed E-state index contributed by atoms with van der Waals surface area (Å²) in [7, 11) is 1.66. The predicted octanol–water partition coefficient (Wildman–Crippen LogP) is 1.37. The maximum absolute atomic E-state index is 12.9. The number of fused-ring (bicyclic) bond motifs is 1. The van der Waals surface area contributed by atoms with E-state index in [-0.39, 0.29) is 31.2 Å². The number of aromatic nitrogens is 2. The summed E-state index contributed by atoms with van der Waals surface area (Å²) in [5, 5.41) is 4.16. The number of benzene rings is 1. The molecule has 3 aromatic heterocycles. The monoisotopic (exact) mass is 611 g/mol. The minimum Gasteiger partial charge on any atom is -0.497 e. The number of amides is 1. The number of pyridine rings is 1. The highest BCUT2D eigenvalue weighted by atomic mass is 127. The van der Waals surface area contributed by atoms with Crippen LogP contribution in [0, 0.1) is 0 Å². The van der Waals surface area contributed by atoms with E-state index >= 15 is 0 Å². The highest BCUT2D eigenvalue weighted by Gasteiger charge is 2.26. The van der Waals surface area contributed by atoms with Crippen LogP contribution in [0.15, 0.2) is 59.3 Å². The first-order chi connectivity index (χ1) is 15.1. The SMILES string of the molecule is COc1ccc(C[I+]C(CN)NC(=O)c2cc(Br)c(-c3ccnc4[nH]ccc34)s2)cc1. The highest BCUT2D eigenvalue weighted by Crippen LogP contribution is 2.39. The van der Waals surface area contributed by atoms with Crippen molar-refractivity contribution in [1.82, 2.24) is 15.3 Å². The Morgan fingerprint density at radius 1 is 1.32 bits per heavy atom. The van der Waals surface area contributed by atoms with Crippen LogP contribution in [0.3, 0.4) is 0 Å². The summed E-state index contributed by atoms with van der Waals surface area (Å²) in [6, 6.07) is 13.9. The van der Waals surface area contributed by atoms with Gasteiger partial charge in [0.25, 0.3) is 5.91 Å². The third-order valence-corrected chi connectivity index (χ3v) is 9.95. The molecule has 0 spiro atoms. The third-order valence-electron chi connectivity index (χ3n) is 4.69. The van der Waals surface area contributed by atoms with Crippen molar-refractivity contribution < 1.29 is 30.7 Å². The first kappa shape index (κ1) is 22.3. The van der Waals surface area contributed by atoms with Gasteiger partial charge in [0.05, 0.1) is 23.4 Å². The zero-order chi connectivity index (χ0) is 21.8. The summed E-state index contributed by atoms with van der Waals surface area (Å²) in [6.45, 7) is 0.433. The molecule has 1 aromatic carbocycles. The van der Waals surface area contributed by atoms with E-state index in [0.717, 1.165) is 36.1 Å². The fourth-order valence-corrected chi connectivity index (χ4v) is 7.33. The number of carbonyl (C=O) groups is 1. The molecule has 1 unspecified atom stereocenters. The van der Waals surface area contributed by atoms with Gasteiger partial charge in [-0.1, -0.05) is 12.1 Å². The number of thiophene rings is 1. The number of nitrogens with two attached hydrogens (primary N) is 1. The minimum absolute atomic E-state index is 0.00929. The fourth-order valence-electron chi connectivity index (χ4n) is 3.09. The lowest BCUT2D eigenvalue weighted by molar-refractivity contribution is -0.705. The second-order valence-corrected chi connectivity index (χ2v) is 11.8. The molecule has 4 rings (SSSR count). The molecule has 0 aliphatic rings. The largest absolute Gasteiger partial charge is 0.497 e. The molecule has 0 bridgehead atoms. The molecule has 31 heavy (non-hydrogen) atoms. The number of H-pyrrole nitrogens is 1. The van der Waals surface area contributed by atoms with Crippen molar-refractivity contribution in [2.45, 2.75) is 8.48 Å². The van der Waals surface area contributed by atoms with Crippen molar-refractivity contribution in [1.29, 1.82) is 0 Å². The van der Waals surface area contributed by atoms with Crippen LogP contribution in [0.2, 0.25) is 0 Å². The van der Waals surface area contributed by atoms with E-state index in [0.29, 0.717) is 11.4 Å². The number of carbonyl (C=O) groups excluding carboxylic acids is 1. The van der Waals surface area contributed by atoms with E-state index in [1.54, 1.807) is 13.3 Å². The number of ether oxygens (including phenoxy) is 1. The first-order valence-corrected chi connectivity index (χ1v) is 13.9. The summed E-state index contributed by atoms with van der Waals surface area (Å²) in [4.78, 5) is 22.1. The molecule has 1 atom stereocenters. The molecular weight excluding hydrogens is 591 g/mol. The van der Waals surface area contributed by atoms with Gasteiger partial charge in [-0.25, -0.2) is 4.98 Å². The van der Waals surface area contributed by atoms with Gasteiger partial charge >= 0.3 is 21.2 Å². The molecule has 9 heteroatoms. The number of alkyl halides is 2. The van der Waals surface area contributed by atoms with Crippen molar-refractivity contribution in [3.63, 3.8) is 0 Å². The van der Waals surface area contributed by atoms with Gasteiger partial charge < -0.3 is 20.8 Å². The second kappa shape index (κ2) is 10.1. The minimum atomic E-state index is -0.340. The summed E-state index contributed by atoms with van der Waals surface area (Å²) in [5.41, 5.74) is 9.07. The smallest absolute Gasteiger partial charge is 0.302 e. The van der Waals surface area contributed by atoms with E-state index in [4.69, 9.17) is 10.5 Å². The number of rotatable bonds is 8. The van der Waals surface area contributed by atoms with Crippen LogP contribution < -0.4 is 37.0 Å². The second-order valence-electron chi connectivity index (χ2n) is 6.70. The van der Waals surface area contributed by atoms with Crippen molar-refractivity contribution in [2.75, 3.05) is 13.7 Å². The van der Waals surface area contributed by atoms with Gasteiger partial charge in [0, 0.05) is 27.8 Å². The standard InChI is InChI=1S/C22H20BrIN4O2S/c1-30-14-4-2-13(3-5-14)11-24-19(12-25)28-22(29)18-10-17(23)20(31-18)15-6-8-26-21-16(15)7-9-27-21/h2-10,19H,11-12,25H2,1H3,(H-,26,27,28,29)/p+1. The van der Waals surface area contributed by atoms with Gasteiger partial charge in [-0.15, -0.1) is 11.3 Å². The van der Waals surface area contributed by atoms with Crippen LogP contribution in [-0.4, -0.2) is 33.6 Å². The van der Waals surface area contributed by atoms with Crippen LogP contribution >= 0.6 is 27.3 Å². The van der Waals surface area contributed by atoms with Crippen molar-refractivity contribution in [3.8, 4) is 16.2 Å². The van der Waals surface area contributed by atoms with Gasteiger partial charge in [0.15, 0.2) is 4.43 Å². The number of halogens is 2. The number of methoxy groups -OCH3 is 1. The Balaban J connectivity index is 1.45. The van der Waals surface area contributed by atoms with Gasteiger partial charge in [-0.2, -0.15) is 0 Å². The predicted molar refractivity (Wildman–Crippen MR) is 124 cm³/mol. The van der Waals surface area contributed by atoms with E-state index in [2.05, 4.69) is 43.3 Å². The number of aromatic amines is 1. The Morgan fingerprint density at radius 3 is 2.87 bits per heavy atom. The van der Waals surface area contributed by atoms with Crippen LogP contribution in [-0.2, 0) is 4.43 Å². The zero-order valence-electron chi connectivity index (χ0n) is 16.7. The number of nitrogens with one attached hydrogen (secondary N) is 2. The summed E-state index contributed by atoms with van der Waals surface area (Å²) >= 11 is 4.75. The molecule has 0 radical (unpaired) electrons. The normalized spacial score (nSPS) is 12.1. The highest BCUT2D eigenvalue weighted by molar-refractivity contribution is 9.10. The molecule has 4 aromatic rings. The Bertz CT molecular complexity index is 1190. The van der Waals surface area contributed by atoms with E-state index < -0.39 is 0 Å². The topological polar surface area (TPSA) is 93.0 Å². The van der Waals surface area contributed by atoms with E-state index in [9.17, 15) is 4.79 Å².